The molecule has 3 nitrogen and oxygen atoms in total. The van der Waals surface area contributed by atoms with Crippen LogP contribution in [0.2, 0.25) is 0 Å². The van der Waals surface area contributed by atoms with Gasteiger partial charge in [0, 0.05) is 17.1 Å². The highest BCUT2D eigenvalue weighted by Crippen LogP contribution is 2.28. The minimum Gasteiger partial charge on any atom is -0.496 e. The van der Waals surface area contributed by atoms with Gasteiger partial charge in [-0.25, -0.2) is 0 Å². The summed E-state index contributed by atoms with van der Waals surface area (Å²) in [6, 6.07) is 5.82. The van der Waals surface area contributed by atoms with Crippen molar-refractivity contribution in [2.45, 2.75) is 52.3 Å². The number of aliphatic hydroxyl groups is 1. The van der Waals surface area contributed by atoms with E-state index in [1.165, 1.54) is 0 Å². The summed E-state index contributed by atoms with van der Waals surface area (Å²) in [5.41, 5.74) is 1.92. The van der Waals surface area contributed by atoms with E-state index < -0.39 is 6.10 Å². The molecular weight excluding hydrogens is 226 g/mol. The minimum atomic E-state index is -0.584. The van der Waals surface area contributed by atoms with Crippen LogP contribution in [-0.4, -0.2) is 23.8 Å². The first-order valence-electron chi connectivity index (χ1n) is 6.35. The van der Waals surface area contributed by atoms with E-state index in [-0.39, 0.29) is 11.6 Å². The molecule has 0 spiro atoms. The van der Waals surface area contributed by atoms with E-state index in [4.69, 9.17) is 4.74 Å². The Balaban J connectivity index is 2.95. The maximum atomic E-state index is 10.4. The van der Waals surface area contributed by atoms with Gasteiger partial charge in [-0.2, -0.15) is 0 Å². The van der Waals surface area contributed by atoms with Crippen LogP contribution in [-0.2, 0) is 0 Å². The Hall–Kier alpha value is -1.06. The topological polar surface area (TPSA) is 41.5 Å². The Kier molecular flexibility index (Phi) is 4.77. The summed E-state index contributed by atoms with van der Waals surface area (Å²) >= 11 is 0. The van der Waals surface area contributed by atoms with E-state index in [1.54, 1.807) is 7.11 Å². The number of hydrogen-bond acceptors (Lipinski definition) is 3. The third-order valence-corrected chi connectivity index (χ3v) is 2.84. The molecule has 102 valence electrons. The van der Waals surface area contributed by atoms with Crippen LogP contribution in [0.3, 0.4) is 0 Å². The Bertz CT molecular complexity index is 396. The molecule has 0 aromatic heterocycles. The molecule has 18 heavy (non-hydrogen) atoms. The average Bonchev–Trinajstić information content (AvgIpc) is 2.25. The van der Waals surface area contributed by atoms with Gasteiger partial charge in [0.1, 0.15) is 5.75 Å². The predicted octanol–water partition coefficient (Wildman–Crippen LogP) is 2.81. The van der Waals surface area contributed by atoms with E-state index in [0.717, 1.165) is 16.9 Å². The van der Waals surface area contributed by atoms with E-state index in [9.17, 15) is 5.11 Å². The van der Waals surface area contributed by atoms with Gasteiger partial charge in [-0.05, 0) is 46.8 Å². The molecule has 0 bridgehead atoms. The molecule has 3 heteroatoms. The van der Waals surface area contributed by atoms with Gasteiger partial charge in [0.2, 0.25) is 0 Å². The summed E-state index contributed by atoms with van der Waals surface area (Å²) < 4.78 is 5.31. The molecule has 0 aliphatic rings. The van der Waals surface area contributed by atoms with Crippen molar-refractivity contribution in [3.63, 3.8) is 0 Å². The van der Waals surface area contributed by atoms with Crippen LogP contribution in [0.15, 0.2) is 18.2 Å². The van der Waals surface area contributed by atoms with Crippen LogP contribution in [0.25, 0.3) is 0 Å². The molecule has 1 aromatic carbocycles. The van der Waals surface area contributed by atoms with E-state index in [1.807, 2.05) is 32.0 Å². The molecule has 1 aromatic rings. The molecule has 0 amide bonds. The third-order valence-electron chi connectivity index (χ3n) is 2.84. The predicted molar refractivity (Wildman–Crippen MR) is 75.0 cm³/mol. The van der Waals surface area contributed by atoms with E-state index >= 15 is 0 Å². The number of benzene rings is 1. The molecule has 0 aliphatic carbocycles. The molecule has 2 N–H and O–H groups in total. The van der Waals surface area contributed by atoms with Crippen LogP contribution in [0.4, 0.5) is 0 Å². The fourth-order valence-electron chi connectivity index (χ4n) is 2.12. The van der Waals surface area contributed by atoms with Crippen LogP contribution in [0.5, 0.6) is 5.75 Å². The maximum Gasteiger partial charge on any atom is 0.124 e. The normalized spacial score (nSPS) is 15.3. The first-order chi connectivity index (χ1) is 8.24. The van der Waals surface area contributed by atoms with Crippen LogP contribution in [0, 0.1) is 6.92 Å². The van der Waals surface area contributed by atoms with E-state index in [2.05, 4.69) is 26.1 Å². The Labute approximate surface area is 110 Å². The van der Waals surface area contributed by atoms with Crippen molar-refractivity contribution in [2.24, 2.45) is 0 Å². The smallest absolute Gasteiger partial charge is 0.124 e. The number of methoxy groups -OCH3 is 1. The number of ether oxygens (including phenoxy) is 1. The molecule has 0 saturated heterocycles. The minimum absolute atomic E-state index is 0.0303. The Morgan fingerprint density at radius 3 is 2.39 bits per heavy atom. The van der Waals surface area contributed by atoms with Crippen molar-refractivity contribution in [3.05, 3.63) is 29.3 Å². The molecule has 2 atom stereocenters. The average molecular weight is 251 g/mol. The van der Waals surface area contributed by atoms with Gasteiger partial charge < -0.3 is 15.2 Å². The van der Waals surface area contributed by atoms with Gasteiger partial charge in [0.05, 0.1) is 13.2 Å². The quantitative estimate of drug-likeness (QED) is 0.864. The van der Waals surface area contributed by atoms with Gasteiger partial charge in [0.25, 0.3) is 0 Å². The summed E-state index contributed by atoms with van der Waals surface area (Å²) in [5, 5.41) is 13.8. The summed E-state index contributed by atoms with van der Waals surface area (Å²) in [6.45, 7) is 10.3. The molecule has 0 aliphatic heterocycles. The summed E-state index contributed by atoms with van der Waals surface area (Å²) in [7, 11) is 1.63. The standard InChI is InChI=1S/C15H25NO2/c1-10-7-8-13(18-6)12(9-10)14(17)11(2)16-15(3,4)5/h7-9,11,14,16-17H,1-6H3. The Morgan fingerprint density at radius 1 is 1.28 bits per heavy atom. The SMILES string of the molecule is COc1ccc(C)cc1C(O)C(C)NC(C)(C)C. The highest BCUT2D eigenvalue weighted by atomic mass is 16.5. The van der Waals surface area contributed by atoms with Crippen molar-refractivity contribution < 1.29 is 9.84 Å². The Morgan fingerprint density at radius 2 is 1.89 bits per heavy atom. The van der Waals surface area contributed by atoms with Crippen molar-refractivity contribution >= 4 is 0 Å². The molecule has 0 heterocycles. The van der Waals surface area contributed by atoms with Crippen LogP contribution in [0.1, 0.15) is 44.9 Å². The van der Waals surface area contributed by atoms with Crippen LogP contribution < -0.4 is 10.1 Å². The zero-order valence-corrected chi connectivity index (χ0v) is 12.2. The highest BCUT2D eigenvalue weighted by molar-refractivity contribution is 5.39. The van der Waals surface area contributed by atoms with E-state index in [0.29, 0.717) is 0 Å². The second-order valence-corrected chi connectivity index (χ2v) is 5.87. The summed E-state index contributed by atoms with van der Waals surface area (Å²) in [5.74, 6) is 0.732. The lowest BCUT2D eigenvalue weighted by molar-refractivity contribution is 0.118. The number of aryl methyl sites for hydroxylation is 1. The molecule has 2 unspecified atom stereocenters. The molecule has 0 radical (unpaired) electrons. The lowest BCUT2D eigenvalue weighted by atomic mass is 9.98. The van der Waals surface area contributed by atoms with Gasteiger partial charge >= 0.3 is 0 Å². The second-order valence-electron chi connectivity index (χ2n) is 5.87. The van der Waals surface area contributed by atoms with Gasteiger partial charge in [0.15, 0.2) is 0 Å². The number of hydrogen-bond donors (Lipinski definition) is 2. The lowest BCUT2D eigenvalue weighted by Crippen LogP contribution is -2.45. The zero-order chi connectivity index (χ0) is 13.9. The fourth-order valence-corrected chi connectivity index (χ4v) is 2.12. The summed E-state index contributed by atoms with van der Waals surface area (Å²) in [4.78, 5) is 0. The first kappa shape index (κ1) is 15.0. The number of rotatable bonds is 4. The first-order valence-corrected chi connectivity index (χ1v) is 6.35. The van der Waals surface area contributed by atoms with Crippen molar-refractivity contribution in [1.82, 2.24) is 5.32 Å². The monoisotopic (exact) mass is 251 g/mol. The van der Waals surface area contributed by atoms with Gasteiger partial charge in [-0.3, -0.25) is 0 Å². The molecule has 0 fully saturated rings. The van der Waals surface area contributed by atoms with Crippen molar-refractivity contribution in [2.75, 3.05) is 7.11 Å². The van der Waals surface area contributed by atoms with Crippen molar-refractivity contribution in [3.8, 4) is 5.75 Å². The van der Waals surface area contributed by atoms with Crippen LogP contribution >= 0.6 is 0 Å². The molecule has 1 rings (SSSR count). The molecular formula is C15H25NO2. The second kappa shape index (κ2) is 5.72. The lowest BCUT2D eigenvalue weighted by Gasteiger charge is -2.30. The summed E-state index contributed by atoms with van der Waals surface area (Å²) in [6.07, 6.45) is -0.584. The number of nitrogens with one attached hydrogen (secondary N) is 1. The third kappa shape index (κ3) is 4.00. The van der Waals surface area contributed by atoms with Crippen molar-refractivity contribution in [1.29, 1.82) is 0 Å². The maximum absolute atomic E-state index is 10.4. The van der Waals surface area contributed by atoms with Gasteiger partial charge in [-0.15, -0.1) is 0 Å². The molecule has 0 saturated carbocycles. The number of aliphatic hydroxyl groups excluding tert-OH is 1. The fraction of sp³-hybridized carbons (Fsp3) is 0.600. The van der Waals surface area contributed by atoms with Gasteiger partial charge in [-0.1, -0.05) is 11.6 Å². The largest absolute Gasteiger partial charge is 0.496 e. The highest BCUT2D eigenvalue weighted by Gasteiger charge is 2.23. The zero-order valence-electron chi connectivity index (χ0n) is 12.2.